The molecule has 6 nitrogen and oxygen atoms in total. The first-order valence-corrected chi connectivity index (χ1v) is 8.67. The molecule has 0 radical (unpaired) electrons. The first-order chi connectivity index (χ1) is 12.6. The molecule has 1 N–H and O–H groups in total. The monoisotopic (exact) mass is 353 g/mol. The number of ether oxygens (including phenoxy) is 1. The maximum Gasteiger partial charge on any atom is 0.260 e. The predicted molar refractivity (Wildman–Crippen MR) is 102 cm³/mol. The maximum absolute atomic E-state index is 12.9. The van der Waals surface area contributed by atoms with Crippen LogP contribution in [0.1, 0.15) is 10.4 Å². The van der Waals surface area contributed by atoms with Crippen LogP contribution in [0.4, 0.5) is 11.4 Å². The predicted octanol–water partition coefficient (Wildman–Crippen LogP) is 2.23. The van der Waals surface area contributed by atoms with E-state index in [1.807, 2.05) is 41.3 Å². The lowest BCUT2D eigenvalue weighted by molar-refractivity contribution is -0.118. The molecule has 1 aliphatic heterocycles. The molecule has 0 atom stereocenters. The Morgan fingerprint density at radius 3 is 2.42 bits per heavy atom. The van der Waals surface area contributed by atoms with Crippen LogP contribution in [0.15, 0.2) is 54.6 Å². The Morgan fingerprint density at radius 1 is 1.04 bits per heavy atom. The third kappa shape index (κ3) is 4.47. The lowest BCUT2D eigenvalue weighted by Gasteiger charge is -2.26. The van der Waals surface area contributed by atoms with Crippen molar-refractivity contribution in [1.29, 1.82) is 0 Å². The number of carbonyl (C=O) groups is 2. The van der Waals surface area contributed by atoms with Gasteiger partial charge in [-0.1, -0.05) is 30.3 Å². The highest BCUT2D eigenvalue weighted by atomic mass is 16.5. The Kier molecular flexibility index (Phi) is 5.99. The smallest absolute Gasteiger partial charge is 0.260 e. The minimum Gasteiger partial charge on any atom is -0.379 e. The lowest BCUT2D eigenvalue weighted by Crippen LogP contribution is -2.41. The molecule has 6 heteroatoms. The summed E-state index contributed by atoms with van der Waals surface area (Å²) in [5.74, 6) is -0.298. The summed E-state index contributed by atoms with van der Waals surface area (Å²) < 4.78 is 5.29. The summed E-state index contributed by atoms with van der Waals surface area (Å²) in [6, 6.07) is 16.5. The number of carbonyl (C=O) groups excluding carboxylic acids is 2. The molecule has 0 bridgehead atoms. The standard InChI is InChI=1S/C20H23N3O3/c1-22(16-7-3-2-4-8-16)20(25)17-9-5-6-10-18(17)21-19(24)15-23-11-13-26-14-12-23/h2-10H,11-15H2,1H3,(H,21,24). The molecule has 0 aliphatic carbocycles. The van der Waals surface area contributed by atoms with Crippen molar-refractivity contribution in [3.63, 3.8) is 0 Å². The van der Waals surface area contributed by atoms with Gasteiger partial charge in [0, 0.05) is 25.8 Å². The van der Waals surface area contributed by atoms with Gasteiger partial charge in [-0.3, -0.25) is 14.5 Å². The minimum absolute atomic E-state index is 0.130. The summed E-state index contributed by atoms with van der Waals surface area (Å²) in [6.45, 7) is 3.06. The Bertz CT molecular complexity index is 758. The van der Waals surface area contributed by atoms with Gasteiger partial charge in [0.15, 0.2) is 0 Å². The van der Waals surface area contributed by atoms with Gasteiger partial charge in [0.05, 0.1) is 31.0 Å². The second-order valence-electron chi connectivity index (χ2n) is 6.18. The molecule has 1 heterocycles. The maximum atomic E-state index is 12.9. The molecule has 3 rings (SSSR count). The van der Waals surface area contributed by atoms with Crippen LogP contribution in [0.25, 0.3) is 0 Å². The van der Waals surface area contributed by atoms with Gasteiger partial charge in [-0.2, -0.15) is 0 Å². The van der Waals surface area contributed by atoms with Crippen LogP contribution in [0, 0.1) is 0 Å². The number of nitrogens with zero attached hydrogens (tertiary/aromatic N) is 2. The van der Waals surface area contributed by atoms with Gasteiger partial charge in [-0.05, 0) is 24.3 Å². The third-order valence-corrected chi connectivity index (χ3v) is 4.35. The van der Waals surface area contributed by atoms with E-state index in [-0.39, 0.29) is 11.8 Å². The summed E-state index contributed by atoms with van der Waals surface area (Å²) in [5, 5.41) is 2.88. The van der Waals surface area contributed by atoms with Gasteiger partial charge in [0.2, 0.25) is 5.91 Å². The van der Waals surface area contributed by atoms with Crippen LogP contribution in [0.2, 0.25) is 0 Å². The molecular weight excluding hydrogens is 330 g/mol. The number of rotatable bonds is 5. The molecule has 0 aromatic heterocycles. The van der Waals surface area contributed by atoms with Gasteiger partial charge < -0.3 is 15.0 Å². The Hall–Kier alpha value is -2.70. The number of hydrogen-bond acceptors (Lipinski definition) is 4. The molecular formula is C20H23N3O3. The largest absolute Gasteiger partial charge is 0.379 e. The van der Waals surface area contributed by atoms with E-state index in [1.54, 1.807) is 30.1 Å². The first-order valence-electron chi connectivity index (χ1n) is 8.67. The zero-order valence-electron chi connectivity index (χ0n) is 14.9. The van der Waals surface area contributed by atoms with Crippen molar-refractivity contribution >= 4 is 23.2 Å². The van der Waals surface area contributed by atoms with Crippen molar-refractivity contribution in [3.05, 3.63) is 60.2 Å². The van der Waals surface area contributed by atoms with E-state index in [1.165, 1.54) is 0 Å². The van der Waals surface area contributed by atoms with E-state index in [0.29, 0.717) is 31.0 Å². The number of anilines is 2. The number of amides is 2. The normalized spacial score (nSPS) is 14.7. The van der Waals surface area contributed by atoms with Crippen LogP contribution < -0.4 is 10.2 Å². The van der Waals surface area contributed by atoms with Gasteiger partial charge in [0.25, 0.3) is 5.91 Å². The first kappa shape index (κ1) is 18.1. The van der Waals surface area contributed by atoms with Gasteiger partial charge in [-0.25, -0.2) is 0 Å². The van der Waals surface area contributed by atoms with Crippen LogP contribution in [-0.2, 0) is 9.53 Å². The molecule has 1 saturated heterocycles. The van der Waals surface area contributed by atoms with E-state index in [0.717, 1.165) is 18.8 Å². The van der Waals surface area contributed by atoms with Crippen molar-refractivity contribution < 1.29 is 14.3 Å². The molecule has 136 valence electrons. The summed E-state index contributed by atoms with van der Waals surface area (Å²) in [4.78, 5) is 28.9. The molecule has 1 aliphatic rings. The lowest BCUT2D eigenvalue weighted by atomic mass is 10.1. The molecule has 0 saturated carbocycles. The second-order valence-corrected chi connectivity index (χ2v) is 6.18. The highest BCUT2D eigenvalue weighted by Gasteiger charge is 2.19. The van der Waals surface area contributed by atoms with Crippen molar-refractivity contribution in [1.82, 2.24) is 4.90 Å². The number of morpholine rings is 1. The van der Waals surface area contributed by atoms with Gasteiger partial charge in [0.1, 0.15) is 0 Å². The fraction of sp³-hybridized carbons (Fsp3) is 0.300. The fourth-order valence-corrected chi connectivity index (χ4v) is 2.88. The number of para-hydroxylation sites is 2. The van der Waals surface area contributed by atoms with E-state index in [9.17, 15) is 9.59 Å². The topological polar surface area (TPSA) is 61.9 Å². The van der Waals surface area contributed by atoms with E-state index in [2.05, 4.69) is 5.32 Å². The van der Waals surface area contributed by atoms with Gasteiger partial charge >= 0.3 is 0 Å². The van der Waals surface area contributed by atoms with Crippen LogP contribution >= 0.6 is 0 Å². The number of benzene rings is 2. The Labute approximate surface area is 153 Å². The van der Waals surface area contributed by atoms with Crippen molar-refractivity contribution in [2.75, 3.05) is 50.1 Å². The Morgan fingerprint density at radius 2 is 1.69 bits per heavy atom. The molecule has 2 amide bonds. The van der Waals surface area contributed by atoms with E-state index >= 15 is 0 Å². The van der Waals surface area contributed by atoms with Gasteiger partial charge in [-0.15, -0.1) is 0 Å². The molecule has 26 heavy (non-hydrogen) atoms. The van der Waals surface area contributed by atoms with E-state index in [4.69, 9.17) is 4.74 Å². The quantitative estimate of drug-likeness (QED) is 0.895. The van der Waals surface area contributed by atoms with Crippen LogP contribution in [-0.4, -0.2) is 56.6 Å². The van der Waals surface area contributed by atoms with Crippen LogP contribution in [0.3, 0.4) is 0 Å². The molecule has 1 fully saturated rings. The zero-order chi connectivity index (χ0) is 18.4. The Balaban J connectivity index is 1.71. The van der Waals surface area contributed by atoms with E-state index < -0.39 is 0 Å². The van der Waals surface area contributed by atoms with Crippen LogP contribution in [0.5, 0.6) is 0 Å². The summed E-state index contributed by atoms with van der Waals surface area (Å²) in [7, 11) is 1.73. The fourth-order valence-electron chi connectivity index (χ4n) is 2.88. The summed E-state index contributed by atoms with van der Waals surface area (Å²) in [5.41, 5.74) is 1.79. The third-order valence-electron chi connectivity index (χ3n) is 4.35. The van der Waals surface area contributed by atoms with Crippen molar-refractivity contribution in [2.24, 2.45) is 0 Å². The zero-order valence-corrected chi connectivity index (χ0v) is 14.9. The average molecular weight is 353 g/mol. The van der Waals surface area contributed by atoms with Crippen molar-refractivity contribution in [2.45, 2.75) is 0 Å². The molecule has 0 unspecified atom stereocenters. The molecule has 2 aromatic carbocycles. The highest BCUT2D eigenvalue weighted by molar-refractivity contribution is 6.11. The molecule has 2 aromatic rings. The minimum atomic E-state index is -0.168. The second kappa shape index (κ2) is 8.60. The average Bonchev–Trinajstić information content (AvgIpc) is 2.68. The number of nitrogens with one attached hydrogen (secondary N) is 1. The number of hydrogen-bond donors (Lipinski definition) is 1. The summed E-state index contributed by atoms with van der Waals surface area (Å²) in [6.07, 6.45) is 0. The molecule has 0 spiro atoms. The summed E-state index contributed by atoms with van der Waals surface area (Å²) >= 11 is 0. The SMILES string of the molecule is CN(C(=O)c1ccccc1NC(=O)CN1CCOCC1)c1ccccc1. The van der Waals surface area contributed by atoms with Crippen molar-refractivity contribution in [3.8, 4) is 0 Å². The highest BCUT2D eigenvalue weighted by Crippen LogP contribution is 2.20.